The molecular formula is C14H22BrN3O2. The van der Waals surface area contributed by atoms with Crippen molar-refractivity contribution in [2.24, 2.45) is 5.92 Å². The zero-order chi connectivity index (χ0) is 14.7. The molecule has 1 aliphatic rings. The Morgan fingerprint density at radius 2 is 2.35 bits per heavy atom. The molecule has 0 aliphatic carbocycles. The van der Waals surface area contributed by atoms with E-state index in [0.717, 1.165) is 35.3 Å². The minimum absolute atomic E-state index is 0.0594. The van der Waals surface area contributed by atoms with Gasteiger partial charge in [-0.15, -0.1) is 0 Å². The number of carbonyl (C=O) groups is 1. The lowest BCUT2D eigenvalue weighted by atomic mass is 10.1. The van der Waals surface area contributed by atoms with Crippen LogP contribution in [-0.4, -0.2) is 34.9 Å². The number of nitrogens with one attached hydrogen (secondary N) is 1. The molecule has 1 aliphatic heterocycles. The molecule has 2 atom stereocenters. The van der Waals surface area contributed by atoms with E-state index in [0.29, 0.717) is 13.1 Å². The van der Waals surface area contributed by atoms with Gasteiger partial charge in [-0.25, -0.2) is 0 Å². The third-order valence-electron chi connectivity index (χ3n) is 3.72. The first-order valence-corrected chi connectivity index (χ1v) is 7.87. The largest absolute Gasteiger partial charge is 0.376 e. The molecule has 1 fully saturated rings. The van der Waals surface area contributed by atoms with Crippen molar-refractivity contribution in [3.05, 3.63) is 15.9 Å². The summed E-state index contributed by atoms with van der Waals surface area (Å²) in [6.07, 6.45) is 2.32. The fourth-order valence-corrected chi connectivity index (χ4v) is 2.67. The third-order valence-corrected chi connectivity index (χ3v) is 4.86. The molecule has 1 N–H and O–H groups in total. The summed E-state index contributed by atoms with van der Waals surface area (Å²) in [4.78, 5) is 12.1. The quantitative estimate of drug-likeness (QED) is 0.891. The van der Waals surface area contributed by atoms with Crippen molar-refractivity contribution in [1.82, 2.24) is 15.1 Å². The van der Waals surface area contributed by atoms with E-state index in [1.54, 1.807) is 0 Å². The Kier molecular flexibility index (Phi) is 5.21. The number of aryl methyl sites for hydroxylation is 1. The Balaban J connectivity index is 1.85. The van der Waals surface area contributed by atoms with Gasteiger partial charge in [-0.1, -0.05) is 6.92 Å². The zero-order valence-corrected chi connectivity index (χ0v) is 13.9. The Hall–Kier alpha value is -0.880. The second kappa shape index (κ2) is 6.72. The van der Waals surface area contributed by atoms with Crippen molar-refractivity contribution in [2.75, 3.05) is 13.2 Å². The van der Waals surface area contributed by atoms with Crippen LogP contribution in [-0.2, 0) is 16.1 Å². The highest BCUT2D eigenvalue weighted by Crippen LogP contribution is 2.20. The van der Waals surface area contributed by atoms with Gasteiger partial charge in [0.2, 0.25) is 5.91 Å². The highest BCUT2D eigenvalue weighted by Gasteiger charge is 2.20. The van der Waals surface area contributed by atoms with Crippen molar-refractivity contribution >= 4 is 21.8 Å². The van der Waals surface area contributed by atoms with Gasteiger partial charge in [0.05, 0.1) is 28.7 Å². The predicted molar refractivity (Wildman–Crippen MR) is 80.5 cm³/mol. The van der Waals surface area contributed by atoms with Crippen LogP contribution in [0, 0.1) is 19.8 Å². The molecule has 1 aromatic heterocycles. The fraction of sp³-hybridized carbons (Fsp3) is 0.714. The Morgan fingerprint density at radius 3 is 2.90 bits per heavy atom. The van der Waals surface area contributed by atoms with Gasteiger partial charge >= 0.3 is 0 Å². The second-order valence-corrected chi connectivity index (χ2v) is 6.24. The summed E-state index contributed by atoms with van der Waals surface area (Å²) in [5, 5.41) is 7.40. The Morgan fingerprint density at radius 1 is 1.60 bits per heavy atom. The van der Waals surface area contributed by atoms with Gasteiger partial charge in [-0.3, -0.25) is 9.48 Å². The van der Waals surface area contributed by atoms with E-state index in [1.165, 1.54) is 0 Å². The first-order chi connectivity index (χ1) is 9.49. The molecular weight excluding hydrogens is 322 g/mol. The summed E-state index contributed by atoms with van der Waals surface area (Å²) in [5.41, 5.74) is 2.01. The maximum atomic E-state index is 12.1. The molecule has 6 heteroatoms. The van der Waals surface area contributed by atoms with Crippen LogP contribution in [0.2, 0.25) is 0 Å². The zero-order valence-electron chi connectivity index (χ0n) is 12.3. The smallest absolute Gasteiger partial charge is 0.224 e. The molecule has 0 bridgehead atoms. The minimum atomic E-state index is -0.110. The van der Waals surface area contributed by atoms with Gasteiger partial charge in [0, 0.05) is 18.8 Å². The monoisotopic (exact) mass is 343 g/mol. The standard InChI is InChI=1S/C14H22BrN3O2/c1-9(8-18-11(3)13(15)10(2)17-18)14(19)16-7-12-5-4-6-20-12/h9,12H,4-8H2,1-3H3,(H,16,19)/t9-,12+/m1/s1. The molecule has 0 saturated carbocycles. The third kappa shape index (κ3) is 3.61. The predicted octanol–water partition coefficient (Wildman–Crippen LogP) is 2.19. The van der Waals surface area contributed by atoms with Gasteiger partial charge in [-0.2, -0.15) is 5.10 Å². The van der Waals surface area contributed by atoms with E-state index >= 15 is 0 Å². The van der Waals surface area contributed by atoms with Crippen LogP contribution >= 0.6 is 15.9 Å². The first kappa shape index (κ1) is 15.5. The van der Waals surface area contributed by atoms with Crippen LogP contribution in [0.4, 0.5) is 0 Å². The van der Waals surface area contributed by atoms with Crippen molar-refractivity contribution in [3.63, 3.8) is 0 Å². The number of aromatic nitrogens is 2. The summed E-state index contributed by atoms with van der Waals surface area (Å²) in [6, 6.07) is 0. The average molecular weight is 344 g/mol. The molecule has 112 valence electrons. The lowest BCUT2D eigenvalue weighted by Crippen LogP contribution is -2.36. The maximum absolute atomic E-state index is 12.1. The topological polar surface area (TPSA) is 56.2 Å². The molecule has 1 saturated heterocycles. The van der Waals surface area contributed by atoms with Crippen LogP contribution in [0.3, 0.4) is 0 Å². The highest BCUT2D eigenvalue weighted by atomic mass is 79.9. The lowest BCUT2D eigenvalue weighted by molar-refractivity contribution is -0.125. The van der Waals surface area contributed by atoms with E-state index < -0.39 is 0 Å². The van der Waals surface area contributed by atoms with Crippen molar-refractivity contribution < 1.29 is 9.53 Å². The lowest BCUT2D eigenvalue weighted by Gasteiger charge is -2.15. The van der Waals surface area contributed by atoms with Crippen LogP contribution in [0.1, 0.15) is 31.2 Å². The number of ether oxygens (including phenoxy) is 1. The maximum Gasteiger partial charge on any atom is 0.224 e. The van der Waals surface area contributed by atoms with Crippen molar-refractivity contribution in [2.45, 2.75) is 46.3 Å². The molecule has 1 amide bonds. The summed E-state index contributed by atoms with van der Waals surface area (Å²) in [5.74, 6) is -0.0505. The summed E-state index contributed by atoms with van der Waals surface area (Å²) in [6.45, 7) is 7.90. The fourth-order valence-electron chi connectivity index (χ4n) is 2.39. The summed E-state index contributed by atoms with van der Waals surface area (Å²) in [7, 11) is 0. The van der Waals surface area contributed by atoms with Crippen molar-refractivity contribution in [1.29, 1.82) is 0 Å². The normalized spacial score (nSPS) is 20.1. The Bertz CT molecular complexity index is 481. The van der Waals surface area contributed by atoms with E-state index in [9.17, 15) is 4.79 Å². The average Bonchev–Trinajstić information content (AvgIpc) is 3.02. The number of hydrogen-bond acceptors (Lipinski definition) is 3. The van der Waals surface area contributed by atoms with Crippen molar-refractivity contribution in [3.8, 4) is 0 Å². The number of halogens is 1. The van der Waals surface area contributed by atoms with E-state index in [2.05, 4.69) is 26.3 Å². The second-order valence-electron chi connectivity index (χ2n) is 5.45. The van der Waals surface area contributed by atoms with Gasteiger partial charge in [0.15, 0.2) is 0 Å². The van der Waals surface area contributed by atoms with Crippen LogP contribution in [0.5, 0.6) is 0 Å². The first-order valence-electron chi connectivity index (χ1n) is 7.08. The van der Waals surface area contributed by atoms with Gasteiger partial charge in [0.25, 0.3) is 0 Å². The number of nitrogens with zero attached hydrogens (tertiary/aromatic N) is 2. The molecule has 2 rings (SSSR count). The summed E-state index contributed by atoms with van der Waals surface area (Å²) >= 11 is 3.50. The molecule has 20 heavy (non-hydrogen) atoms. The van der Waals surface area contributed by atoms with E-state index in [4.69, 9.17) is 4.74 Å². The molecule has 0 aromatic carbocycles. The van der Waals surface area contributed by atoms with E-state index in [1.807, 2.05) is 25.5 Å². The molecule has 2 heterocycles. The van der Waals surface area contributed by atoms with Gasteiger partial charge in [0.1, 0.15) is 0 Å². The van der Waals surface area contributed by atoms with E-state index in [-0.39, 0.29) is 17.9 Å². The molecule has 5 nitrogen and oxygen atoms in total. The molecule has 0 unspecified atom stereocenters. The molecule has 1 aromatic rings. The van der Waals surface area contributed by atoms with Crippen LogP contribution in [0.25, 0.3) is 0 Å². The molecule has 0 radical (unpaired) electrons. The number of carbonyl (C=O) groups excluding carboxylic acids is 1. The highest BCUT2D eigenvalue weighted by molar-refractivity contribution is 9.10. The van der Waals surface area contributed by atoms with Crippen LogP contribution in [0.15, 0.2) is 4.47 Å². The minimum Gasteiger partial charge on any atom is -0.376 e. The van der Waals surface area contributed by atoms with Gasteiger partial charge < -0.3 is 10.1 Å². The number of hydrogen-bond donors (Lipinski definition) is 1. The Labute approximate surface area is 128 Å². The number of rotatable bonds is 5. The molecule has 0 spiro atoms. The SMILES string of the molecule is Cc1nn(C[C@@H](C)C(=O)NC[C@@H]2CCCO2)c(C)c1Br. The number of amides is 1. The summed E-state index contributed by atoms with van der Waals surface area (Å²) < 4.78 is 8.40. The van der Waals surface area contributed by atoms with Gasteiger partial charge in [-0.05, 0) is 42.6 Å². The van der Waals surface area contributed by atoms with Crippen LogP contribution < -0.4 is 5.32 Å².